The number of rotatable bonds is 6. The van der Waals surface area contributed by atoms with Crippen LogP contribution in [-0.4, -0.2) is 48.3 Å². The number of hydrogen-bond acceptors (Lipinski definition) is 4. The van der Waals surface area contributed by atoms with Crippen molar-refractivity contribution in [2.45, 2.75) is 19.9 Å². The molecule has 30 heavy (non-hydrogen) atoms. The maximum atomic E-state index is 12.7. The molecule has 3 rings (SSSR count). The van der Waals surface area contributed by atoms with Gasteiger partial charge >= 0.3 is 0 Å². The highest BCUT2D eigenvalue weighted by Crippen LogP contribution is 2.20. The summed E-state index contributed by atoms with van der Waals surface area (Å²) in [6.45, 7) is 5.09. The van der Waals surface area contributed by atoms with E-state index < -0.39 is 0 Å². The summed E-state index contributed by atoms with van der Waals surface area (Å²) in [5.74, 6) is -0.602. The van der Waals surface area contributed by atoms with Gasteiger partial charge in [0.25, 0.3) is 5.91 Å². The predicted octanol–water partition coefficient (Wildman–Crippen LogP) is 2.99. The molecule has 0 bridgehead atoms. The maximum absolute atomic E-state index is 12.7. The number of halogens is 1. The van der Waals surface area contributed by atoms with Gasteiger partial charge < -0.3 is 16.0 Å². The van der Waals surface area contributed by atoms with E-state index in [-0.39, 0.29) is 36.2 Å². The minimum absolute atomic E-state index is 0.0632. The number of benzene rings is 2. The molecule has 1 fully saturated rings. The molecular formula is C22H25ClN4O3. The molecule has 3 N–H and O–H groups in total. The van der Waals surface area contributed by atoms with Gasteiger partial charge in [-0.3, -0.25) is 19.3 Å². The van der Waals surface area contributed by atoms with E-state index in [1.165, 1.54) is 0 Å². The topological polar surface area (TPSA) is 90.5 Å². The highest BCUT2D eigenvalue weighted by atomic mass is 35.5. The van der Waals surface area contributed by atoms with Crippen molar-refractivity contribution in [1.29, 1.82) is 0 Å². The third kappa shape index (κ3) is 5.37. The smallest absolute Gasteiger partial charge is 0.257 e. The Morgan fingerprint density at radius 2 is 1.83 bits per heavy atom. The van der Waals surface area contributed by atoms with Crippen molar-refractivity contribution in [1.82, 2.24) is 10.2 Å². The second-order valence-electron chi connectivity index (χ2n) is 7.51. The number of nitrogens with one attached hydrogen (secondary N) is 3. The summed E-state index contributed by atoms with van der Waals surface area (Å²) >= 11 is 5.88. The van der Waals surface area contributed by atoms with E-state index in [0.29, 0.717) is 35.1 Å². The Hall–Kier alpha value is -2.90. The summed E-state index contributed by atoms with van der Waals surface area (Å²) in [7, 11) is 0. The molecule has 1 unspecified atom stereocenters. The lowest BCUT2D eigenvalue weighted by Crippen LogP contribution is -2.58. The Kier molecular flexibility index (Phi) is 7.07. The van der Waals surface area contributed by atoms with E-state index in [2.05, 4.69) is 16.0 Å². The first kappa shape index (κ1) is 21.8. The van der Waals surface area contributed by atoms with Crippen molar-refractivity contribution < 1.29 is 14.4 Å². The van der Waals surface area contributed by atoms with Crippen molar-refractivity contribution in [2.75, 3.05) is 30.3 Å². The van der Waals surface area contributed by atoms with Gasteiger partial charge in [0.2, 0.25) is 11.8 Å². The van der Waals surface area contributed by atoms with Crippen molar-refractivity contribution >= 4 is 40.7 Å². The van der Waals surface area contributed by atoms with Crippen LogP contribution in [0.2, 0.25) is 5.02 Å². The zero-order valence-electron chi connectivity index (χ0n) is 16.9. The van der Waals surface area contributed by atoms with Crippen molar-refractivity contribution in [3.63, 3.8) is 0 Å². The van der Waals surface area contributed by atoms with Gasteiger partial charge in [-0.2, -0.15) is 0 Å². The lowest BCUT2D eigenvalue weighted by Gasteiger charge is -2.36. The highest BCUT2D eigenvalue weighted by molar-refractivity contribution is 6.30. The molecule has 1 atom stereocenters. The molecular weight excluding hydrogens is 404 g/mol. The van der Waals surface area contributed by atoms with Gasteiger partial charge in [-0.05, 0) is 42.3 Å². The quantitative estimate of drug-likeness (QED) is 0.659. The van der Waals surface area contributed by atoms with Gasteiger partial charge in [0.1, 0.15) is 0 Å². The Balaban J connectivity index is 1.69. The third-order valence-electron chi connectivity index (χ3n) is 4.89. The molecule has 0 spiro atoms. The zero-order valence-corrected chi connectivity index (χ0v) is 17.7. The van der Waals surface area contributed by atoms with Crippen molar-refractivity contribution in [3.8, 4) is 0 Å². The van der Waals surface area contributed by atoms with Gasteiger partial charge in [0.05, 0.1) is 23.8 Å². The molecule has 1 heterocycles. The van der Waals surface area contributed by atoms with Crippen LogP contribution in [0.25, 0.3) is 0 Å². The number of para-hydroxylation sites is 1. The number of hydrogen-bond donors (Lipinski definition) is 3. The molecule has 2 aromatic carbocycles. The number of anilines is 2. The van der Waals surface area contributed by atoms with Crippen molar-refractivity contribution in [2.24, 2.45) is 5.92 Å². The van der Waals surface area contributed by atoms with Gasteiger partial charge in [-0.1, -0.05) is 37.6 Å². The lowest BCUT2D eigenvalue weighted by atomic mass is 9.99. The van der Waals surface area contributed by atoms with Crippen LogP contribution in [0.4, 0.5) is 11.4 Å². The van der Waals surface area contributed by atoms with Crippen LogP contribution in [0.3, 0.4) is 0 Å². The van der Waals surface area contributed by atoms with Crippen LogP contribution in [0.15, 0.2) is 48.5 Å². The zero-order chi connectivity index (χ0) is 21.7. The molecule has 2 aromatic rings. The summed E-state index contributed by atoms with van der Waals surface area (Å²) in [6.07, 6.45) is 0. The molecule has 1 aliphatic heterocycles. The van der Waals surface area contributed by atoms with E-state index in [9.17, 15) is 14.4 Å². The van der Waals surface area contributed by atoms with E-state index >= 15 is 0 Å². The first-order chi connectivity index (χ1) is 14.3. The molecule has 0 aliphatic carbocycles. The minimum atomic E-state index is -0.354. The normalized spacial score (nSPS) is 16.8. The fraction of sp³-hybridized carbons (Fsp3) is 0.318. The summed E-state index contributed by atoms with van der Waals surface area (Å²) in [4.78, 5) is 39.5. The number of amides is 3. The molecule has 0 saturated carbocycles. The molecule has 3 amide bonds. The second-order valence-corrected chi connectivity index (χ2v) is 7.94. The molecule has 7 nitrogen and oxygen atoms in total. The van der Waals surface area contributed by atoms with E-state index in [4.69, 9.17) is 11.6 Å². The largest absolute Gasteiger partial charge is 0.353 e. The second kappa shape index (κ2) is 9.73. The van der Waals surface area contributed by atoms with E-state index in [1.807, 2.05) is 18.7 Å². The van der Waals surface area contributed by atoms with Crippen molar-refractivity contribution in [3.05, 3.63) is 59.1 Å². The Morgan fingerprint density at radius 1 is 1.13 bits per heavy atom. The average Bonchev–Trinajstić information content (AvgIpc) is 2.69. The average molecular weight is 429 g/mol. The molecule has 8 heteroatoms. The fourth-order valence-corrected chi connectivity index (χ4v) is 3.66. The van der Waals surface area contributed by atoms with Crippen LogP contribution in [-0.2, 0) is 9.59 Å². The Morgan fingerprint density at radius 3 is 2.53 bits per heavy atom. The van der Waals surface area contributed by atoms with E-state index in [1.54, 1.807) is 48.5 Å². The minimum Gasteiger partial charge on any atom is -0.353 e. The summed E-state index contributed by atoms with van der Waals surface area (Å²) < 4.78 is 0. The monoisotopic (exact) mass is 428 g/mol. The van der Waals surface area contributed by atoms with Gasteiger partial charge in [0, 0.05) is 23.8 Å². The predicted molar refractivity (Wildman–Crippen MR) is 118 cm³/mol. The third-order valence-corrected chi connectivity index (χ3v) is 5.14. The number of piperazine rings is 1. The summed E-state index contributed by atoms with van der Waals surface area (Å²) in [5.41, 5.74) is 1.36. The molecule has 0 radical (unpaired) electrons. The number of carbonyl (C=O) groups excluding carboxylic acids is 3. The summed E-state index contributed by atoms with van der Waals surface area (Å²) in [6, 6.07) is 13.2. The SMILES string of the molecule is CC(C)C1C(=O)NCCN1CC(=O)Nc1ccccc1C(=O)Nc1ccc(Cl)cc1. The highest BCUT2D eigenvalue weighted by Gasteiger charge is 2.33. The molecule has 0 aromatic heterocycles. The Labute approximate surface area is 180 Å². The first-order valence-electron chi connectivity index (χ1n) is 9.82. The first-order valence-corrected chi connectivity index (χ1v) is 10.2. The molecule has 1 saturated heterocycles. The fourth-order valence-electron chi connectivity index (χ4n) is 3.53. The standard InChI is InChI=1S/C22H25ClN4O3/c1-14(2)20-22(30)24-11-12-27(20)13-19(28)26-18-6-4-3-5-17(18)21(29)25-16-9-7-15(23)8-10-16/h3-10,14,20H,11-13H2,1-2H3,(H,24,30)(H,25,29)(H,26,28). The van der Waals surface area contributed by atoms with Crippen LogP contribution < -0.4 is 16.0 Å². The summed E-state index contributed by atoms with van der Waals surface area (Å²) in [5, 5.41) is 9.03. The number of nitrogens with zero attached hydrogens (tertiary/aromatic N) is 1. The molecule has 158 valence electrons. The van der Waals surface area contributed by atoms with Crippen LogP contribution >= 0.6 is 11.6 Å². The van der Waals surface area contributed by atoms with Crippen LogP contribution in [0.1, 0.15) is 24.2 Å². The van der Waals surface area contributed by atoms with Crippen LogP contribution in [0.5, 0.6) is 0 Å². The molecule has 1 aliphatic rings. The number of carbonyl (C=O) groups is 3. The Bertz CT molecular complexity index is 930. The van der Waals surface area contributed by atoms with Crippen LogP contribution in [0, 0.1) is 5.92 Å². The van der Waals surface area contributed by atoms with Gasteiger partial charge in [-0.25, -0.2) is 0 Å². The van der Waals surface area contributed by atoms with E-state index in [0.717, 1.165) is 0 Å². The van der Waals surface area contributed by atoms with Gasteiger partial charge in [-0.15, -0.1) is 0 Å². The maximum Gasteiger partial charge on any atom is 0.257 e. The lowest BCUT2D eigenvalue weighted by molar-refractivity contribution is -0.132. The van der Waals surface area contributed by atoms with Gasteiger partial charge in [0.15, 0.2) is 0 Å².